The summed E-state index contributed by atoms with van der Waals surface area (Å²) in [6, 6.07) is 0. The maximum Gasteiger partial charge on any atom is 0.306 e. The Labute approximate surface area is 156 Å². The molecule has 2 bridgehead atoms. The zero-order chi connectivity index (χ0) is 19.5. The summed E-state index contributed by atoms with van der Waals surface area (Å²) in [5.74, 6) is -4.25. The van der Waals surface area contributed by atoms with Crippen LogP contribution in [-0.2, 0) is 19.1 Å². The molecule has 0 radical (unpaired) electrons. The number of allylic oxidation sites excluding steroid dienone is 1. The van der Waals surface area contributed by atoms with Gasteiger partial charge in [-0.2, -0.15) is 0 Å². The van der Waals surface area contributed by atoms with Crippen LogP contribution in [0.2, 0.25) is 0 Å². The van der Waals surface area contributed by atoms with E-state index in [0.29, 0.717) is 12.0 Å². The van der Waals surface area contributed by atoms with Gasteiger partial charge >= 0.3 is 5.97 Å². The van der Waals surface area contributed by atoms with Crippen LogP contribution in [-0.4, -0.2) is 57.8 Å². The van der Waals surface area contributed by atoms with Crippen LogP contribution in [0.3, 0.4) is 0 Å². The van der Waals surface area contributed by atoms with Gasteiger partial charge in [0, 0.05) is 22.7 Å². The molecule has 5 aliphatic rings. The molecule has 0 aromatic carbocycles. The molecule has 0 aromatic heterocycles. The van der Waals surface area contributed by atoms with E-state index in [1.54, 1.807) is 6.92 Å². The SMILES string of the molecule is C=C1C2CC(=O)OC3CC4C(C)=CC(=O)[C@@H](O)C4(C)C4[C@@]32CO[C@@]4(O)[C@H]1O. The molecule has 2 saturated carbocycles. The number of esters is 1. The molecule has 2 aliphatic heterocycles. The predicted octanol–water partition coefficient (Wildman–Crippen LogP) is 0.0863. The molecule has 7 nitrogen and oxygen atoms in total. The van der Waals surface area contributed by atoms with Crippen molar-refractivity contribution in [1.29, 1.82) is 0 Å². The minimum Gasteiger partial charge on any atom is -0.462 e. The topological polar surface area (TPSA) is 113 Å². The Morgan fingerprint density at radius 2 is 1.93 bits per heavy atom. The van der Waals surface area contributed by atoms with Gasteiger partial charge in [-0.15, -0.1) is 0 Å². The molecule has 4 fully saturated rings. The summed E-state index contributed by atoms with van der Waals surface area (Å²) >= 11 is 0. The number of hydrogen-bond donors (Lipinski definition) is 3. The molecule has 146 valence electrons. The molecular weight excluding hydrogens is 352 g/mol. The van der Waals surface area contributed by atoms with E-state index in [1.807, 2.05) is 6.92 Å². The van der Waals surface area contributed by atoms with Gasteiger partial charge in [0.05, 0.1) is 13.0 Å². The van der Waals surface area contributed by atoms with Gasteiger partial charge in [0.2, 0.25) is 0 Å². The number of carbonyl (C=O) groups is 2. The zero-order valence-electron chi connectivity index (χ0n) is 15.3. The second-order valence-corrected chi connectivity index (χ2v) is 9.15. The Morgan fingerprint density at radius 3 is 2.63 bits per heavy atom. The van der Waals surface area contributed by atoms with Crippen molar-refractivity contribution < 1.29 is 34.4 Å². The predicted molar refractivity (Wildman–Crippen MR) is 90.9 cm³/mol. The lowest BCUT2D eigenvalue weighted by atomic mass is 9.39. The normalized spacial score (nSPS) is 56.2. The summed E-state index contributed by atoms with van der Waals surface area (Å²) in [6.07, 6.45) is -1.36. The minimum atomic E-state index is -1.98. The van der Waals surface area contributed by atoms with E-state index in [-0.39, 0.29) is 24.9 Å². The lowest BCUT2D eigenvalue weighted by Gasteiger charge is -2.66. The van der Waals surface area contributed by atoms with Crippen molar-refractivity contribution in [2.75, 3.05) is 6.61 Å². The van der Waals surface area contributed by atoms with E-state index in [4.69, 9.17) is 9.47 Å². The summed E-state index contributed by atoms with van der Waals surface area (Å²) in [6.45, 7) is 7.64. The molecule has 5 unspecified atom stereocenters. The van der Waals surface area contributed by atoms with Gasteiger partial charge in [-0.25, -0.2) is 0 Å². The van der Waals surface area contributed by atoms with E-state index < -0.39 is 52.5 Å². The fraction of sp³-hybridized carbons (Fsp3) is 0.700. The first-order valence-electron chi connectivity index (χ1n) is 9.41. The summed E-state index contributed by atoms with van der Waals surface area (Å²) in [5, 5.41) is 33.3. The number of aliphatic hydroxyl groups is 3. The molecule has 3 aliphatic carbocycles. The molecule has 2 saturated heterocycles. The zero-order valence-corrected chi connectivity index (χ0v) is 15.3. The van der Waals surface area contributed by atoms with Crippen molar-refractivity contribution in [3.63, 3.8) is 0 Å². The molecule has 9 atom stereocenters. The molecule has 1 spiro atoms. The van der Waals surface area contributed by atoms with Crippen LogP contribution >= 0.6 is 0 Å². The van der Waals surface area contributed by atoms with Crippen LogP contribution in [0.1, 0.15) is 26.7 Å². The average molecular weight is 376 g/mol. The lowest BCUT2D eigenvalue weighted by Crippen LogP contribution is -2.74. The first kappa shape index (κ1) is 17.6. The van der Waals surface area contributed by atoms with Crippen LogP contribution < -0.4 is 0 Å². The smallest absolute Gasteiger partial charge is 0.306 e. The first-order valence-corrected chi connectivity index (χ1v) is 9.41. The second-order valence-electron chi connectivity index (χ2n) is 9.15. The van der Waals surface area contributed by atoms with Crippen molar-refractivity contribution in [2.45, 2.75) is 50.8 Å². The number of rotatable bonds is 0. The molecule has 0 aromatic rings. The van der Waals surface area contributed by atoms with E-state index in [1.165, 1.54) is 6.08 Å². The minimum absolute atomic E-state index is 0.0436. The van der Waals surface area contributed by atoms with Crippen LogP contribution in [0, 0.1) is 28.6 Å². The highest BCUT2D eigenvalue weighted by molar-refractivity contribution is 5.96. The van der Waals surface area contributed by atoms with Crippen molar-refractivity contribution in [2.24, 2.45) is 28.6 Å². The highest BCUT2D eigenvalue weighted by Gasteiger charge is 2.81. The number of aliphatic hydroxyl groups excluding tert-OH is 2. The lowest BCUT2D eigenvalue weighted by molar-refractivity contribution is -0.305. The maximum atomic E-state index is 12.5. The Bertz CT molecular complexity index is 817. The molecule has 7 heteroatoms. The third-order valence-electron chi connectivity index (χ3n) is 8.19. The van der Waals surface area contributed by atoms with Gasteiger partial charge in [0.1, 0.15) is 18.3 Å². The van der Waals surface area contributed by atoms with Crippen LogP contribution in [0.4, 0.5) is 0 Å². The van der Waals surface area contributed by atoms with Crippen molar-refractivity contribution in [3.05, 3.63) is 23.8 Å². The van der Waals surface area contributed by atoms with Gasteiger partial charge in [-0.1, -0.05) is 19.1 Å². The molecule has 2 heterocycles. The van der Waals surface area contributed by atoms with Gasteiger partial charge in [-0.05, 0) is 30.9 Å². The van der Waals surface area contributed by atoms with Gasteiger partial charge in [-0.3, -0.25) is 9.59 Å². The number of hydrogen-bond acceptors (Lipinski definition) is 7. The second kappa shape index (κ2) is 4.89. The first-order chi connectivity index (χ1) is 12.6. The molecular formula is C20H24O7. The molecule has 27 heavy (non-hydrogen) atoms. The summed E-state index contributed by atoms with van der Waals surface area (Å²) in [4.78, 5) is 24.8. The summed E-state index contributed by atoms with van der Waals surface area (Å²) in [5.41, 5.74) is -0.730. The molecule has 3 N–H and O–H groups in total. The number of ketones is 1. The summed E-state index contributed by atoms with van der Waals surface area (Å²) in [7, 11) is 0. The standard InChI is InChI=1S/C20H24O7/c1-8-4-12(21)16(24)18(3)10(8)5-13-19-7-26-20(25,17(18)19)15(23)9(2)11(19)6-14(22)27-13/h4,10-11,13,15-17,23-25H,2,5-7H2,1,3H3/t10?,11?,13?,15-,16+,17?,18?,19+,20-/m0/s1. The van der Waals surface area contributed by atoms with Gasteiger partial charge < -0.3 is 24.8 Å². The fourth-order valence-electron chi connectivity index (χ4n) is 7.14. The average Bonchev–Trinajstić information content (AvgIpc) is 2.90. The monoisotopic (exact) mass is 376 g/mol. The molecule has 5 rings (SSSR count). The van der Waals surface area contributed by atoms with Crippen molar-refractivity contribution in [3.8, 4) is 0 Å². The Kier molecular flexibility index (Phi) is 3.18. The third kappa shape index (κ3) is 1.69. The maximum absolute atomic E-state index is 12.5. The summed E-state index contributed by atoms with van der Waals surface area (Å²) < 4.78 is 11.5. The highest BCUT2D eigenvalue weighted by Crippen LogP contribution is 2.73. The number of ether oxygens (including phenoxy) is 2. The van der Waals surface area contributed by atoms with Crippen LogP contribution in [0.15, 0.2) is 23.8 Å². The van der Waals surface area contributed by atoms with E-state index in [0.717, 1.165) is 5.57 Å². The largest absolute Gasteiger partial charge is 0.462 e. The fourth-order valence-corrected chi connectivity index (χ4v) is 7.14. The Morgan fingerprint density at radius 1 is 1.22 bits per heavy atom. The van der Waals surface area contributed by atoms with Crippen molar-refractivity contribution in [1.82, 2.24) is 0 Å². The van der Waals surface area contributed by atoms with Gasteiger partial charge in [0.15, 0.2) is 11.6 Å². The van der Waals surface area contributed by atoms with Crippen LogP contribution in [0.5, 0.6) is 0 Å². The van der Waals surface area contributed by atoms with E-state index in [9.17, 15) is 24.9 Å². The van der Waals surface area contributed by atoms with E-state index in [2.05, 4.69) is 6.58 Å². The Balaban J connectivity index is 1.79. The Hall–Kier alpha value is -1.54. The van der Waals surface area contributed by atoms with Crippen LogP contribution in [0.25, 0.3) is 0 Å². The van der Waals surface area contributed by atoms with E-state index >= 15 is 0 Å². The highest BCUT2D eigenvalue weighted by atomic mass is 16.6. The van der Waals surface area contributed by atoms with Gasteiger partial charge in [0.25, 0.3) is 0 Å². The third-order valence-corrected chi connectivity index (χ3v) is 8.19. The van der Waals surface area contributed by atoms with Crippen molar-refractivity contribution >= 4 is 11.8 Å². The molecule has 0 amide bonds. The number of carbonyl (C=O) groups excluding carboxylic acids is 2. The quantitative estimate of drug-likeness (QED) is 0.405. The number of fused-ring (bicyclic) bond motifs is 1.